The van der Waals surface area contributed by atoms with Crippen molar-refractivity contribution >= 4 is 23.5 Å². The number of ketones is 1. The number of aromatic nitrogens is 1. The molecule has 2 rings (SSSR count). The average molecular weight is 331 g/mol. The molecule has 1 aromatic rings. The molecule has 0 aliphatic heterocycles. The first-order valence-corrected chi connectivity index (χ1v) is 8.97. The van der Waals surface area contributed by atoms with Gasteiger partial charge in [-0.3, -0.25) is 9.59 Å². The number of amides is 1. The number of hydrogen-bond acceptors (Lipinski definition) is 5. The fraction of sp³-hybridized carbons (Fsp3) is 0.529. The van der Waals surface area contributed by atoms with Crippen LogP contribution in [-0.4, -0.2) is 28.5 Å². The maximum Gasteiger partial charge on any atom is 0.245 e. The van der Waals surface area contributed by atoms with Gasteiger partial charge in [0.1, 0.15) is 0 Å². The monoisotopic (exact) mass is 331 g/mol. The molecule has 1 unspecified atom stereocenters. The van der Waals surface area contributed by atoms with Gasteiger partial charge in [0.25, 0.3) is 0 Å². The van der Waals surface area contributed by atoms with Crippen molar-refractivity contribution in [1.82, 2.24) is 10.3 Å². The van der Waals surface area contributed by atoms with Gasteiger partial charge in [0.05, 0.1) is 11.1 Å². The van der Waals surface area contributed by atoms with Crippen LogP contribution in [0.25, 0.3) is 0 Å². The first-order valence-electron chi connectivity index (χ1n) is 7.98. The maximum atomic E-state index is 12.4. The smallest absolute Gasteiger partial charge is 0.245 e. The first kappa shape index (κ1) is 17.5. The molecule has 0 radical (unpaired) electrons. The van der Waals surface area contributed by atoms with Crippen molar-refractivity contribution in [3.63, 3.8) is 0 Å². The molecule has 1 aliphatic carbocycles. The minimum atomic E-state index is -1.30. The molecule has 1 atom stereocenters. The van der Waals surface area contributed by atoms with E-state index in [9.17, 15) is 14.9 Å². The van der Waals surface area contributed by atoms with E-state index >= 15 is 0 Å². The summed E-state index contributed by atoms with van der Waals surface area (Å²) in [6.07, 6.45) is 6.62. The summed E-state index contributed by atoms with van der Waals surface area (Å²) in [5.41, 5.74) is 0.302. The number of nitrogens with one attached hydrogen (secondary N) is 1. The van der Waals surface area contributed by atoms with Gasteiger partial charge in [-0.25, -0.2) is 4.98 Å². The Labute approximate surface area is 140 Å². The van der Waals surface area contributed by atoms with Crippen LogP contribution in [0.4, 0.5) is 0 Å². The van der Waals surface area contributed by atoms with Crippen molar-refractivity contribution < 1.29 is 9.59 Å². The van der Waals surface area contributed by atoms with E-state index in [-0.39, 0.29) is 6.04 Å². The van der Waals surface area contributed by atoms with Gasteiger partial charge in [-0.1, -0.05) is 26.2 Å². The summed E-state index contributed by atoms with van der Waals surface area (Å²) >= 11 is 1.57. The predicted octanol–water partition coefficient (Wildman–Crippen LogP) is 2.96. The zero-order valence-corrected chi connectivity index (χ0v) is 14.1. The lowest BCUT2D eigenvalue weighted by atomic mass is 9.94. The maximum absolute atomic E-state index is 12.4. The van der Waals surface area contributed by atoms with Crippen LogP contribution >= 0.6 is 11.8 Å². The quantitative estimate of drug-likeness (QED) is 0.492. The van der Waals surface area contributed by atoms with Gasteiger partial charge in [-0.2, -0.15) is 5.26 Å². The summed E-state index contributed by atoms with van der Waals surface area (Å²) in [4.78, 5) is 28.8. The highest BCUT2D eigenvalue weighted by Crippen LogP contribution is 2.19. The third kappa shape index (κ3) is 4.80. The number of rotatable bonds is 6. The molecule has 0 saturated heterocycles. The molecule has 23 heavy (non-hydrogen) atoms. The Kier molecular flexibility index (Phi) is 6.60. The van der Waals surface area contributed by atoms with Gasteiger partial charge in [-0.05, 0) is 30.7 Å². The second-order valence-electron chi connectivity index (χ2n) is 5.59. The van der Waals surface area contributed by atoms with Crippen LogP contribution in [0.2, 0.25) is 0 Å². The van der Waals surface area contributed by atoms with Gasteiger partial charge in [0, 0.05) is 17.8 Å². The van der Waals surface area contributed by atoms with Crippen LogP contribution < -0.4 is 5.32 Å². The predicted molar refractivity (Wildman–Crippen MR) is 89.1 cm³/mol. The minimum Gasteiger partial charge on any atom is -0.352 e. The van der Waals surface area contributed by atoms with Crippen molar-refractivity contribution in [1.29, 1.82) is 5.26 Å². The molecule has 5 nitrogen and oxygen atoms in total. The molecular formula is C17H21N3O2S. The normalized spacial score (nSPS) is 16.3. The van der Waals surface area contributed by atoms with E-state index in [0.29, 0.717) is 5.56 Å². The van der Waals surface area contributed by atoms with Gasteiger partial charge in [0.2, 0.25) is 5.91 Å². The molecule has 6 heteroatoms. The third-order valence-electron chi connectivity index (χ3n) is 3.92. The van der Waals surface area contributed by atoms with Crippen LogP contribution in [-0.2, 0) is 4.79 Å². The van der Waals surface area contributed by atoms with E-state index in [1.165, 1.54) is 12.6 Å². The zero-order chi connectivity index (χ0) is 16.7. The highest BCUT2D eigenvalue weighted by atomic mass is 32.2. The molecule has 0 spiro atoms. The highest BCUT2D eigenvalue weighted by molar-refractivity contribution is 7.99. The van der Waals surface area contributed by atoms with E-state index < -0.39 is 17.6 Å². The van der Waals surface area contributed by atoms with Crippen molar-refractivity contribution in [3.8, 4) is 6.07 Å². The van der Waals surface area contributed by atoms with E-state index in [1.807, 2.05) is 13.0 Å². The second-order valence-corrected chi connectivity index (χ2v) is 6.87. The SMILES string of the molecule is CCSc1ccc(C(=O)C(C#N)C(=O)NC2CCCCC2)cn1. The molecule has 0 aromatic carbocycles. The fourth-order valence-corrected chi connectivity index (χ4v) is 3.28. The van der Waals surface area contributed by atoms with E-state index in [0.717, 1.165) is 36.5 Å². The summed E-state index contributed by atoms with van der Waals surface area (Å²) < 4.78 is 0. The summed E-state index contributed by atoms with van der Waals surface area (Å²) in [7, 11) is 0. The molecule has 122 valence electrons. The van der Waals surface area contributed by atoms with Crippen LogP contribution in [0.15, 0.2) is 23.4 Å². The summed E-state index contributed by atoms with van der Waals surface area (Å²) in [5, 5.41) is 12.9. The molecule has 1 saturated carbocycles. The second kappa shape index (κ2) is 8.68. The van der Waals surface area contributed by atoms with Gasteiger partial charge < -0.3 is 5.32 Å². The zero-order valence-electron chi connectivity index (χ0n) is 13.2. The van der Waals surface area contributed by atoms with Crippen molar-refractivity contribution in [3.05, 3.63) is 23.9 Å². The third-order valence-corrected chi connectivity index (χ3v) is 4.74. The van der Waals surface area contributed by atoms with E-state index in [1.54, 1.807) is 23.9 Å². The largest absolute Gasteiger partial charge is 0.352 e. The lowest BCUT2D eigenvalue weighted by Gasteiger charge is -2.23. The Morgan fingerprint density at radius 3 is 2.70 bits per heavy atom. The molecule has 1 amide bonds. The fourth-order valence-electron chi connectivity index (χ4n) is 2.69. The molecule has 1 heterocycles. The highest BCUT2D eigenvalue weighted by Gasteiger charge is 2.29. The number of pyridine rings is 1. The molecule has 1 N–H and O–H groups in total. The molecule has 1 aromatic heterocycles. The lowest BCUT2D eigenvalue weighted by Crippen LogP contribution is -2.42. The van der Waals surface area contributed by atoms with Crippen molar-refractivity contribution in [2.24, 2.45) is 5.92 Å². The number of Topliss-reactive ketones (excluding diaryl/α,β-unsaturated/α-hetero) is 1. The number of nitriles is 1. The molecule has 1 aliphatic rings. The van der Waals surface area contributed by atoms with Crippen molar-refractivity contribution in [2.75, 3.05) is 5.75 Å². The Balaban J connectivity index is 2.02. The van der Waals surface area contributed by atoms with Gasteiger partial charge >= 0.3 is 0 Å². The summed E-state index contributed by atoms with van der Waals surface area (Å²) in [5.74, 6) is -1.38. The topological polar surface area (TPSA) is 82.8 Å². The average Bonchev–Trinajstić information content (AvgIpc) is 2.57. The van der Waals surface area contributed by atoms with E-state index in [2.05, 4.69) is 10.3 Å². The Morgan fingerprint density at radius 1 is 1.39 bits per heavy atom. The number of hydrogen-bond donors (Lipinski definition) is 1. The first-order chi connectivity index (χ1) is 11.2. The Bertz CT molecular complexity index is 589. The Hall–Kier alpha value is -1.87. The summed E-state index contributed by atoms with van der Waals surface area (Å²) in [6, 6.07) is 5.29. The van der Waals surface area contributed by atoms with Crippen LogP contribution in [0.5, 0.6) is 0 Å². The number of carbonyl (C=O) groups excluding carboxylic acids is 2. The van der Waals surface area contributed by atoms with Gasteiger partial charge in [0.15, 0.2) is 11.7 Å². The number of carbonyl (C=O) groups is 2. The van der Waals surface area contributed by atoms with Crippen LogP contribution in [0.1, 0.15) is 49.4 Å². The lowest BCUT2D eigenvalue weighted by molar-refractivity contribution is -0.123. The number of thioether (sulfide) groups is 1. The number of nitrogens with zero attached hydrogens (tertiary/aromatic N) is 2. The van der Waals surface area contributed by atoms with Crippen molar-refractivity contribution in [2.45, 2.75) is 50.1 Å². The molecule has 1 fully saturated rings. The minimum absolute atomic E-state index is 0.0846. The van der Waals surface area contributed by atoms with Crippen LogP contribution in [0.3, 0.4) is 0 Å². The summed E-state index contributed by atoms with van der Waals surface area (Å²) in [6.45, 7) is 2.02. The van der Waals surface area contributed by atoms with E-state index in [4.69, 9.17) is 0 Å². The van der Waals surface area contributed by atoms with Gasteiger partial charge in [-0.15, -0.1) is 11.8 Å². The molecule has 0 bridgehead atoms. The Morgan fingerprint density at radius 2 is 2.13 bits per heavy atom. The van der Waals surface area contributed by atoms with Crippen LogP contribution in [0, 0.1) is 17.2 Å². The standard InChI is InChI=1S/C17H21N3O2S/c1-2-23-15-9-8-12(11-19-15)16(21)14(10-18)17(22)20-13-6-4-3-5-7-13/h8-9,11,13-14H,2-7H2,1H3,(H,20,22). The molecular weight excluding hydrogens is 310 g/mol.